The molecule has 1 amide bonds. The number of rotatable bonds is 7. The second-order valence-electron chi connectivity index (χ2n) is 7.00. The Kier molecular flexibility index (Phi) is 6.41. The predicted octanol–water partition coefficient (Wildman–Crippen LogP) is 3.62. The van der Waals surface area contributed by atoms with Crippen LogP contribution in [-0.4, -0.2) is 28.0 Å². The number of aromatic nitrogens is 2. The lowest BCUT2D eigenvalue weighted by Crippen LogP contribution is -2.22. The molecule has 0 bridgehead atoms. The molecule has 0 spiro atoms. The van der Waals surface area contributed by atoms with Crippen LogP contribution >= 0.6 is 11.6 Å². The standard InChI is InChI=1S/C23H18ClN3O6/c1-14-10-20-25-16(11-22(29)27(20)33-14)12-32-23(30)18-4-2-3-5-19(18)26-21(28)13-31-17-8-6-15(24)7-9-17/h2-11H,12-13H2,1H3,(H,26,28). The minimum atomic E-state index is -0.685. The van der Waals surface area contributed by atoms with E-state index in [0.29, 0.717) is 22.2 Å². The number of fused-ring (bicyclic) bond motifs is 1. The van der Waals surface area contributed by atoms with Crippen LogP contribution in [0.5, 0.6) is 5.75 Å². The lowest BCUT2D eigenvalue weighted by atomic mass is 10.2. The van der Waals surface area contributed by atoms with Crippen molar-refractivity contribution < 1.29 is 23.6 Å². The van der Waals surface area contributed by atoms with Gasteiger partial charge in [-0.1, -0.05) is 23.7 Å². The fraction of sp³-hybridized carbons (Fsp3) is 0.130. The van der Waals surface area contributed by atoms with Crippen molar-refractivity contribution in [1.29, 1.82) is 0 Å². The fourth-order valence-corrected chi connectivity index (χ4v) is 3.13. The summed E-state index contributed by atoms with van der Waals surface area (Å²) in [5, 5.41) is 3.19. The Balaban J connectivity index is 1.40. The highest BCUT2D eigenvalue weighted by Crippen LogP contribution is 2.18. The lowest BCUT2D eigenvalue weighted by molar-refractivity contribution is -0.118. The van der Waals surface area contributed by atoms with Gasteiger partial charge in [0.25, 0.3) is 11.5 Å². The molecular formula is C23H18ClN3O6. The number of nitrogens with zero attached hydrogens (tertiary/aromatic N) is 2. The first-order valence-electron chi connectivity index (χ1n) is 9.83. The normalized spacial score (nSPS) is 10.7. The molecule has 0 saturated carbocycles. The van der Waals surface area contributed by atoms with Crippen LogP contribution in [0.1, 0.15) is 21.8 Å². The largest absolute Gasteiger partial charge is 0.484 e. The van der Waals surface area contributed by atoms with Crippen LogP contribution in [0, 0.1) is 6.92 Å². The Hall–Kier alpha value is -4.11. The average molecular weight is 468 g/mol. The maximum absolute atomic E-state index is 12.6. The molecule has 9 nitrogen and oxygen atoms in total. The molecule has 168 valence electrons. The summed E-state index contributed by atoms with van der Waals surface area (Å²) in [6, 6.07) is 15.8. The minimum Gasteiger partial charge on any atom is -0.484 e. The van der Waals surface area contributed by atoms with Gasteiger partial charge in [-0.25, -0.2) is 9.78 Å². The SMILES string of the molecule is Cc1cc2nc(COC(=O)c3ccccc3NC(=O)COc3ccc(Cl)cc3)cc(=O)n2o1. The van der Waals surface area contributed by atoms with Crippen LogP contribution in [0.15, 0.2) is 70.0 Å². The molecule has 0 unspecified atom stereocenters. The van der Waals surface area contributed by atoms with Crippen LogP contribution in [0.25, 0.3) is 5.65 Å². The van der Waals surface area contributed by atoms with E-state index < -0.39 is 17.4 Å². The number of amides is 1. The summed E-state index contributed by atoms with van der Waals surface area (Å²) in [5.41, 5.74) is 0.578. The number of halogens is 1. The number of carbonyl (C=O) groups excluding carboxylic acids is 2. The number of anilines is 1. The van der Waals surface area contributed by atoms with Crippen molar-refractivity contribution in [2.45, 2.75) is 13.5 Å². The van der Waals surface area contributed by atoms with Gasteiger partial charge < -0.3 is 19.3 Å². The first kappa shape index (κ1) is 22.1. The molecule has 0 atom stereocenters. The van der Waals surface area contributed by atoms with Gasteiger partial charge in [0.05, 0.1) is 16.9 Å². The summed E-state index contributed by atoms with van der Waals surface area (Å²) in [7, 11) is 0. The molecule has 0 aliphatic carbocycles. The number of esters is 1. The molecule has 0 aliphatic heterocycles. The second-order valence-corrected chi connectivity index (χ2v) is 7.43. The number of carbonyl (C=O) groups is 2. The third kappa shape index (κ3) is 5.39. The molecule has 4 aromatic rings. The summed E-state index contributed by atoms with van der Waals surface area (Å²) in [5.74, 6) is -0.135. The number of hydrogen-bond acceptors (Lipinski definition) is 7. The summed E-state index contributed by atoms with van der Waals surface area (Å²) in [4.78, 5) is 41.3. The molecule has 0 fully saturated rings. The van der Waals surface area contributed by atoms with Crippen LogP contribution in [-0.2, 0) is 16.1 Å². The highest BCUT2D eigenvalue weighted by atomic mass is 35.5. The fourth-order valence-electron chi connectivity index (χ4n) is 3.00. The number of para-hydroxylation sites is 1. The quantitative estimate of drug-likeness (QED) is 0.413. The van der Waals surface area contributed by atoms with Gasteiger partial charge in [-0.2, -0.15) is 0 Å². The van der Waals surface area contributed by atoms with E-state index in [1.807, 2.05) is 0 Å². The molecule has 2 heterocycles. The van der Waals surface area contributed by atoms with Gasteiger partial charge in [0.2, 0.25) is 0 Å². The van der Waals surface area contributed by atoms with E-state index in [1.165, 1.54) is 12.1 Å². The van der Waals surface area contributed by atoms with Gasteiger partial charge >= 0.3 is 5.97 Å². The monoisotopic (exact) mass is 467 g/mol. The number of aryl methyl sites for hydroxylation is 1. The molecule has 0 aliphatic rings. The number of nitrogens with one attached hydrogen (secondary N) is 1. The number of benzene rings is 2. The predicted molar refractivity (Wildman–Crippen MR) is 120 cm³/mol. The van der Waals surface area contributed by atoms with Crippen LogP contribution < -0.4 is 15.6 Å². The van der Waals surface area contributed by atoms with E-state index >= 15 is 0 Å². The average Bonchev–Trinajstić information content (AvgIpc) is 3.18. The van der Waals surface area contributed by atoms with Crippen molar-refractivity contribution in [2.24, 2.45) is 0 Å². The zero-order chi connectivity index (χ0) is 23.4. The van der Waals surface area contributed by atoms with Crippen molar-refractivity contribution in [3.05, 3.63) is 93.1 Å². The number of ether oxygens (including phenoxy) is 2. The molecule has 0 radical (unpaired) electrons. The number of hydrogen-bond donors (Lipinski definition) is 1. The molecule has 1 N–H and O–H groups in total. The smallest absolute Gasteiger partial charge is 0.340 e. The van der Waals surface area contributed by atoms with Gasteiger partial charge in [0, 0.05) is 17.2 Å². The highest BCUT2D eigenvalue weighted by Gasteiger charge is 2.16. The van der Waals surface area contributed by atoms with Crippen molar-refractivity contribution in [1.82, 2.24) is 9.56 Å². The Morgan fingerprint density at radius 2 is 1.88 bits per heavy atom. The minimum absolute atomic E-state index is 0.147. The molecule has 10 heteroatoms. The van der Waals surface area contributed by atoms with Gasteiger partial charge in [0.1, 0.15) is 18.1 Å². The molecule has 4 rings (SSSR count). The summed E-state index contributed by atoms with van der Waals surface area (Å²) >= 11 is 5.82. The zero-order valence-corrected chi connectivity index (χ0v) is 18.2. The van der Waals surface area contributed by atoms with Crippen LogP contribution in [0.3, 0.4) is 0 Å². The van der Waals surface area contributed by atoms with Crippen molar-refractivity contribution >= 4 is 34.8 Å². The molecule has 0 saturated heterocycles. The summed E-state index contributed by atoms with van der Waals surface area (Å²) < 4.78 is 17.0. The first-order valence-corrected chi connectivity index (χ1v) is 10.2. The Labute approximate surface area is 192 Å². The van der Waals surface area contributed by atoms with Gasteiger partial charge in [-0.3, -0.25) is 9.59 Å². The Bertz CT molecular complexity index is 1380. The van der Waals surface area contributed by atoms with Crippen LogP contribution in [0.4, 0.5) is 5.69 Å². The maximum atomic E-state index is 12.6. The van der Waals surface area contributed by atoms with Gasteiger partial charge in [-0.15, -0.1) is 4.57 Å². The summed E-state index contributed by atoms with van der Waals surface area (Å²) in [6.07, 6.45) is 0. The highest BCUT2D eigenvalue weighted by molar-refractivity contribution is 6.30. The first-order chi connectivity index (χ1) is 15.9. The van der Waals surface area contributed by atoms with Crippen molar-refractivity contribution in [3.63, 3.8) is 0 Å². The van der Waals surface area contributed by atoms with E-state index in [1.54, 1.807) is 55.5 Å². The van der Waals surface area contributed by atoms with E-state index in [9.17, 15) is 14.4 Å². The maximum Gasteiger partial charge on any atom is 0.340 e. The third-order valence-corrected chi connectivity index (χ3v) is 4.73. The van der Waals surface area contributed by atoms with Crippen molar-refractivity contribution in [2.75, 3.05) is 11.9 Å². The van der Waals surface area contributed by atoms with E-state index in [-0.39, 0.29) is 30.2 Å². The second kappa shape index (κ2) is 9.58. The van der Waals surface area contributed by atoms with Crippen molar-refractivity contribution in [3.8, 4) is 5.75 Å². The van der Waals surface area contributed by atoms with E-state index in [0.717, 1.165) is 4.57 Å². The molecular weight excluding hydrogens is 450 g/mol. The molecule has 2 aromatic heterocycles. The Morgan fingerprint density at radius 1 is 1.12 bits per heavy atom. The Morgan fingerprint density at radius 3 is 2.67 bits per heavy atom. The zero-order valence-electron chi connectivity index (χ0n) is 17.4. The van der Waals surface area contributed by atoms with E-state index in [4.69, 9.17) is 25.6 Å². The lowest BCUT2D eigenvalue weighted by Gasteiger charge is -2.11. The van der Waals surface area contributed by atoms with Gasteiger partial charge in [0.15, 0.2) is 12.3 Å². The van der Waals surface area contributed by atoms with E-state index in [2.05, 4.69) is 10.3 Å². The third-order valence-electron chi connectivity index (χ3n) is 4.48. The molecule has 33 heavy (non-hydrogen) atoms. The molecule has 2 aromatic carbocycles. The van der Waals surface area contributed by atoms with Gasteiger partial charge in [-0.05, 0) is 43.3 Å². The summed E-state index contributed by atoms with van der Waals surface area (Å²) in [6.45, 7) is 1.21. The van der Waals surface area contributed by atoms with Crippen LogP contribution in [0.2, 0.25) is 5.02 Å². The topological polar surface area (TPSA) is 112 Å².